The van der Waals surface area contributed by atoms with E-state index in [2.05, 4.69) is 10.2 Å². The summed E-state index contributed by atoms with van der Waals surface area (Å²) in [4.78, 5) is 17.2. The highest BCUT2D eigenvalue weighted by atomic mass is 16.6. The van der Waals surface area contributed by atoms with Crippen molar-refractivity contribution in [3.8, 4) is 0 Å². The maximum absolute atomic E-state index is 12.6. The highest BCUT2D eigenvalue weighted by Crippen LogP contribution is 2.31. The van der Waals surface area contributed by atoms with Gasteiger partial charge in [-0.15, -0.1) is 0 Å². The van der Waals surface area contributed by atoms with Gasteiger partial charge in [-0.2, -0.15) is 0 Å². The first kappa shape index (κ1) is 16.1. The van der Waals surface area contributed by atoms with Crippen molar-refractivity contribution in [2.75, 3.05) is 26.2 Å². The molecule has 3 atom stereocenters. The van der Waals surface area contributed by atoms with Gasteiger partial charge in [-0.1, -0.05) is 0 Å². The molecule has 5 nitrogen and oxygen atoms in total. The highest BCUT2D eigenvalue weighted by molar-refractivity contribution is 5.69. The smallest absolute Gasteiger partial charge is 0.410 e. The molecule has 1 aliphatic carbocycles. The predicted molar refractivity (Wildman–Crippen MR) is 87.0 cm³/mol. The fraction of sp³-hybridized carbons (Fsp3) is 0.941. The number of nitrogens with zero attached hydrogens (tertiary/aromatic N) is 2. The number of hydrogen-bond donors (Lipinski definition) is 1. The number of likely N-dealkylation sites (tertiary alicyclic amines) is 1. The molecule has 126 valence electrons. The summed E-state index contributed by atoms with van der Waals surface area (Å²) in [6.07, 6.45) is 6.08. The zero-order valence-electron chi connectivity index (χ0n) is 14.3. The summed E-state index contributed by atoms with van der Waals surface area (Å²) in [5.74, 6) is 0. The molecule has 5 heteroatoms. The molecule has 0 aromatic rings. The van der Waals surface area contributed by atoms with Crippen LogP contribution in [0.15, 0.2) is 0 Å². The van der Waals surface area contributed by atoms with E-state index in [1.807, 2.05) is 25.7 Å². The van der Waals surface area contributed by atoms with Crippen LogP contribution in [0.1, 0.15) is 52.9 Å². The van der Waals surface area contributed by atoms with Crippen LogP contribution in [0.3, 0.4) is 0 Å². The summed E-state index contributed by atoms with van der Waals surface area (Å²) in [5.41, 5.74) is -0.416. The fourth-order valence-electron chi connectivity index (χ4n) is 4.32. The van der Waals surface area contributed by atoms with Gasteiger partial charge in [0.1, 0.15) is 5.60 Å². The maximum atomic E-state index is 12.6. The van der Waals surface area contributed by atoms with Gasteiger partial charge in [0, 0.05) is 25.2 Å². The van der Waals surface area contributed by atoms with Crippen LogP contribution in [0.25, 0.3) is 0 Å². The lowest BCUT2D eigenvalue weighted by molar-refractivity contribution is -0.0122. The summed E-state index contributed by atoms with van der Waals surface area (Å²) < 4.78 is 5.63. The number of hydrogen-bond acceptors (Lipinski definition) is 4. The Morgan fingerprint density at radius 1 is 1.05 bits per heavy atom. The lowest BCUT2D eigenvalue weighted by Crippen LogP contribution is -2.67. The fourth-order valence-corrected chi connectivity index (χ4v) is 4.32. The molecule has 0 radical (unpaired) electrons. The molecule has 22 heavy (non-hydrogen) atoms. The predicted octanol–water partition coefficient (Wildman–Crippen LogP) is 2.21. The molecule has 3 aliphatic rings. The van der Waals surface area contributed by atoms with E-state index in [9.17, 15) is 4.79 Å². The van der Waals surface area contributed by atoms with Crippen molar-refractivity contribution in [2.24, 2.45) is 0 Å². The standard InChI is InChI=1S/C17H31N3O2/c1-17(2,3)22-16(21)20-12-9-18-15-13(7-6-8-14(15)20)19-10-4-5-11-19/h13-15,18H,4-12H2,1-3H3. The number of ether oxygens (including phenoxy) is 1. The van der Waals surface area contributed by atoms with Crippen molar-refractivity contribution in [2.45, 2.75) is 76.6 Å². The Kier molecular flexibility index (Phi) is 4.64. The normalized spacial score (nSPS) is 33.6. The van der Waals surface area contributed by atoms with Crippen LogP contribution in [0.2, 0.25) is 0 Å². The Labute approximate surface area is 134 Å². The summed E-state index contributed by atoms with van der Waals surface area (Å²) in [5, 5.41) is 3.70. The van der Waals surface area contributed by atoms with Gasteiger partial charge in [0.2, 0.25) is 0 Å². The van der Waals surface area contributed by atoms with Gasteiger partial charge in [0.05, 0.1) is 6.04 Å². The molecule has 0 aromatic heterocycles. The topological polar surface area (TPSA) is 44.8 Å². The van der Waals surface area contributed by atoms with E-state index >= 15 is 0 Å². The van der Waals surface area contributed by atoms with Crippen LogP contribution in [0.5, 0.6) is 0 Å². The van der Waals surface area contributed by atoms with Gasteiger partial charge in [-0.25, -0.2) is 4.79 Å². The Balaban J connectivity index is 1.70. The SMILES string of the molecule is CC(C)(C)OC(=O)N1CCNC2C(N3CCCC3)CCCC21. The average molecular weight is 309 g/mol. The van der Waals surface area contributed by atoms with E-state index in [4.69, 9.17) is 4.74 Å². The third-order valence-electron chi connectivity index (χ3n) is 5.20. The highest BCUT2D eigenvalue weighted by Gasteiger charge is 2.44. The number of piperazine rings is 1. The van der Waals surface area contributed by atoms with Crippen molar-refractivity contribution in [3.05, 3.63) is 0 Å². The van der Waals surface area contributed by atoms with Crippen LogP contribution >= 0.6 is 0 Å². The molecule has 2 saturated heterocycles. The van der Waals surface area contributed by atoms with Gasteiger partial charge in [-0.3, -0.25) is 4.90 Å². The van der Waals surface area contributed by atoms with Gasteiger partial charge in [-0.05, 0) is 66.0 Å². The first-order valence-corrected chi connectivity index (χ1v) is 8.93. The molecule has 1 N–H and O–H groups in total. The number of rotatable bonds is 1. The van der Waals surface area contributed by atoms with Gasteiger partial charge in [0.15, 0.2) is 0 Å². The Morgan fingerprint density at radius 2 is 1.73 bits per heavy atom. The largest absolute Gasteiger partial charge is 0.444 e. The van der Waals surface area contributed by atoms with Crippen molar-refractivity contribution in [3.63, 3.8) is 0 Å². The molecule has 1 amide bonds. The number of fused-ring (bicyclic) bond motifs is 1. The van der Waals surface area contributed by atoms with E-state index < -0.39 is 5.60 Å². The number of amides is 1. The third-order valence-corrected chi connectivity index (χ3v) is 5.20. The van der Waals surface area contributed by atoms with Crippen molar-refractivity contribution in [1.82, 2.24) is 15.1 Å². The second-order valence-corrected chi connectivity index (χ2v) is 7.96. The van der Waals surface area contributed by atoms with Crippen LogP contribution < -0.4 is 5.32 Å². The van der Waals surface area contributed by atoms with Gasteiger partial charge >= 0.3 is 6.09 Å². The minimum atomic E-state index is -0.416. The summed E-state index contributed by atoms with van der Waals surface area (Å²) in [7, 11) is 0. The van der Waals surface area contributed by atoms with Crippen molar-refractivity contribution in [1.29, 1.82) is 0 Å². The van der Waals surface area contributed by atoms with Crippen molar-refractivity contribution < 1.29 is 9.53 Å². The molecule has 2 heterocycles. The lowest BCUT2D eigenvalue weighted by atomic mass is 9.83. The third kappa shape index (κ3) is 3.40. The maximum Gasteiger partial charge on any atom is 0.410 e. The zero-order chi connectivity index (χ0) is 15.7. The lowest BCUT2D eigenvalue weighted by Gasteiger charge is -2.50. The molecule has 2 aliphatic heterocycles. The van der Waals surface area contributed by atoms with E-state index in [1.54, 1.807) is 0 Å². The molecule has 0 aromatic carbocycles. The summed E-state index contributed by atoms with van der Waals surface area (Å²) >= 11 is 0. The summed E-state index contributed by atoms with van der Waals surface area (Å²) in [6.45, 7) is 9.92. The van der Waals surface area contributed by atoms with Crippen LogP contribution in [-0.2, 0) is 4.74 Å². The summed E-state index contributed by atoms with van der Waals surface area (Å²) in [6, 6.07) is 1.29. The molecule has 3 rings (SSSR count). The first-order chi connectivity index (χ1) is 10.5. The van der Waals surface area contributed by atoms with Crippen molar-refractivity contribution >= 4 is 6.09 Å². The molecule has 1 saturated carbocycles. The molecule has 3 fully saturated rings. The van der Waals surface area contributed by atoms with E-state index in [0.29, 0.717) is 18.1 Å². The molecule has 0 bridgehead atoms. The van der Waals surface area contributed by atoms with E-state index in [1.165, 1.54) is 38.8 Å². The number of carbonyl (C=O) groups is 1. The van der Waals surface area contributed by atoms with E-state index in [0.717, 1.165) is 19.5 Å². The van der Waals surface area contributed by atoms with E-state index in [-0.39, 0.29) is 6.09 Å². The Morgan fingerprint density at radius 3 is 2.41 bits per heavy atom. The number of nitrogens with one attached hydrogen (secondary N) is 1. The molecular weight excluding hydrogens is 278 g/mol. The second-order valence-electron chi connectivity index (χ2n) is 7.96. The zero-order valence-corrected chi connectivity index (χ0v) is 14.3. The van der Waals surface area contributed by atoms with Crippen LogP contribution in [0.4, 0.5) is 4.79 Å². The van der Waals surface area contributed by atoms with Gasteiger partial charge in [0.25, 0.3) is 0 Å². The molecular formula is C17H31N3O2. The number of carbonyl (C=O) groups excluding carboxylic acids is 1. The monoisotopic (exact) mass is 309 g/mol. The molecule has 0 spiro atoms. The molecule has 3 unspecified atom stereocenters. The van der Waals surface area contributed by atoms with Crippen LogP contribution in [0, 0.1) is 0 Å². The minimum absolute atomic E-state index is 0.133. The Bertz CT molecular complexity index is 401. The van der Waals surface area contributed by atoms with Gasteiger partial charge < -0.3 is 15.0 Å². The average Bonchev–Trinajstić information content (AvgIpc) is 2.98. The minimum Gasteiger partial charge on any atom is -0.444 e. The van der Waals surface area contributed by atoms with Crippen LogP contribution in [-0.4, -0.2) is 65.8 Å². The Hall–Kier alpha value is -0.810. The second kappa shape index (κ2) is 6.36. The quantitative estimate of drug-likeness (QED) is 0.806. The first-order valence-electron chi connectivity index (χ1n) is 8.93.